The quantitative estimate of drug-likeness (QED) is 0.482. The molecule has 1 aromatic rings. The lowest BCUT2D eigenvalue weighted by Crippen LogP contribution is -2.53. The predicted molar refractivity (Wildman–Crippen MR) is 58.7 cm³/mol. The van der Waals surface area contributed by atoms with Gasteiger partial charge in [-0.2, -0.15) is 0 Å². The van der Waals surface area contributed by atoms with Gasteiger partial charge in [0, 0.05) is 6.07 Å². The van der Waals surface area contributed by atoms with Crippen molar-refractivity contribution < 1.29 is 23.7 Å². The van der Waals surface area contributed by atoms with Gasteiger partial charge >= 0.3 is 6.03 Å². The van der Waals surface area contributed by atoms with Crippen molar-refractivity contribution in [3.63, 3.8) is 0 Å². The van der Waals surface area contributed by atoms with Crippen LogP contribution in [0.4, 0.5) is 20.6 Å². The van der Waals surface area contributed by atoms with E-state index in [2.05, 4.69) is 0 Å². The van der Waals surface area contributed by atoms with Crippen LogP contribution in [0.2, 0.25) is 0 Å². The molecule has 0 saturated carbocycles. The van der Waals surface area contributed by atoms with Crippen molar-refractivity contribution in [3.05, 3.63) is 34.1 Å². The molecule has 2 rings (SSSR count). The maximum absolute atomic E-state index is 13.2. The molecule has 9 heteroatoms. The molecule has 0 aliphatic carbocycles. The molecule has 1 N–H and O–H groups in total. The number of urea groups is 1. The number of nitro benzene ring substituents is 1. The molecule has 1 aliphatic heterocycles. The summed E-state index contributed by atoms with van der Waals surface area (Å²) in [6, 6.07) is 1.25. The third kappa shape index (κ3) is 2.39. The van der Waals surface area contributed by atoms with Crippen LogP contribution in [0.1, 0.15) is 6.42 Å². The molecule has 8 nitrogen and oxygen atoms in total. The number of halogens is 1. The van der Waals surface area contributed by atoms with Crippen LogP contribution >= 0.6 is 0 Å². The Morgan fingerprint density at radius 3 is 2.53 bits per heavy atom. The molecule has 1 aliphatic rings. The Bertz CT molecular complexity index is 595. The van der Waals surface area contributed by atoms with Gasteiger partial charge in [-0.15, -0.1) is 0 Å². The third-order valence-electron chi connectivity index (χ3n) is 2.35. The van der Waals surface area contributed by atoms with Crippen molar-refractivity contribution in [1.82, 2.24) is 5.32 Å². The molecule has 1 saturated heterocycles. The van der Waals surface area contributed by atoms with Gasteiger partial charge in [0.25, 0.3) is 5.69 Å². The van der Waals surface area contributed by atoms with Crippen LogP contribution in [-0.2, 0) is 9.59 Å². The fraction of sp³-hybridized carbons (Fsp3) is 0.100. The molecular weight excluding hydrogens is 261 g/mol. The summed E-state index contributed by atoms with van der Waals surface area (Å²) in [6.45, 7) is 0. The first-order valence-corrected chi connectivity index (χ1v) is 5.00. The zero-order valence-corrected chi connectivity index (χ0v) is 9.25. The number of nitro groups is 1. The number of imide groups is 2. The highest BCUT2D eigenvalue weighted by Gasteiger charge is 2.33. The van der Waals surface area contributed by atoms with Gasteiger partial charge in [0.2, 0.25) is 11.8 Å². The summed E-state index contributed by atoms with van der Waals surface area (Å²) in [6.07, 6.45) is -0.587. The lowest BCUT2D eigenvalue weighted by molar-refractivity contribution is -0.385. The lowest BCUT2D eigenvalue weighted by Gasteiger charge is -2.24. The van der Waals surface area contributed by atoms with Crippen LogP contribution in [0.5, 0.6) is 0 Å². The van der Waals surface area contributed by atoms with Crippen molar-refractivity contribution >= 4 is 29.2 Å². The van der Waals surface area contributed by atoms with Crippen molar-refractivity contribution in [2.45, 2.75) is 6.42 Å². The maximum atomic E-state index is 13.2. The largest absolute Gasteiger partial charge is 0.335 e. The number of hydrogen-bond donors (Lipinski definition) is 1. The molecule has 1 heterocycles. The lowest BCUT2D eigenvalue weighted by atomic mass is 10.2. The van der Waals surface area contributed by atoms with Gasteiger partial charge < -0.3 is 0 Å². The number of rotatable bonds is 2. The van der Waals surface area contributed by atoms with Crippen molar-refractivity contribution in [2.24, 2.45) is 0 Å². The van der Waals surface area contributed by atoms with E-state index in [-0.39, 0.29) is 5.69 Å². The van der Waals surface area contributed by atoms with Crippen molar-refractivity contribution in [2.75, 3.05) is 4.90 Å². The van der Waals surface area contributed by atoms with Gasteiger partial charge in [-0.25, -0.2) is 14.1 Å². The van der Waals surface area contributed by atoms with Gasteiger partial charge in [-0.05, 0) is 6.07 Å². The monoisotopic (exact) mass is 267 g/mol. The SMILES string of the molecule is O=C1CC(=O)N(c2cc(F)cc([N+](=O)[O-])c2)C(=O)N1. The number of non-ortho nitro benzene ring substituents is 1. The first-order chi connectivity index (χ1) is 8.88. The van der Waals surface area contributed by atoms with Gasteiger partial charge in [0.15, 0.2) is 0 Å². The standard InChI is InChI=1S/C10H6FN3O5/c11-5-1-6(3-7(2-5)14(18)19)13-9(16)4-8(15)12-10(13)17/h1-3H,4H2,(H,12,15,17). The van der Waals surface area contributed by atoms with E-state index >= 15 is 0 Å². The van der Waals surface area contributed by atoms with Crippen LogP contribution in [0, 0.1) is 15.9 Å². The summed E-state index contributed by atoms with van der Waals surface area (Å²) in [5.74, 6) is -2.63. The molecule has 1 fully saturated rings. The Balaban J connectivity index is 2.46. The zero-order valence-electron chi connectivity index (χ0n) is 9.25. The fourth-order valence-electron chi connectivity index (χ4n) is 1.60. The summed E-state index contributed by atoms with van der Waals surface area (Å²) >= 11 is 0. The number of benzene rings is 1. The second-order valence-electron chi connectivity index (χ2n) is 3.68. The number of barbiturate groups is 1. The Hall–Kier alpha value is -2.84. The van der Waals surface area contributed by atoms with Crippen LogP contribution < -0.4 is 10.2 Å². The summed E-state index contributed by atoms with van der Waals surface area (Å²) in [5.41, 5.74) is -0.908. The van der Waals surface area contributed by atoms with Gasteiger partial charge in [0.05, 0.1) is 16.7 Å². The number of carbonyl (C=O) groups excluding carboxylic acids is 3. The van der Waals surface area contributed by atoms with Gasteiger partial charge in [-0.1, -0.05) is 0 Å². The normalized spacial score (nSPS) is 15.4. The van der Waals surface area contributed by atoms with Crippen molar-refractivity contribution in [3.8, 4) is 0 Å². The minimum absolute atomic E-state index is 0.304. The molecule has 0 unspecified atom stereocenters. The number of anilines is 1. The molecule has 19 heavy (non-hydrogen) atoms. The summed E-state index contributed by atoms with van der Waals surface area (Å²) in [7, 11) is 0. The highest BCUT2D eigenvalue weighted by Crippen LogP contribution is 2.25. The third-order valence-corrected chi connectivity index (χ3v) is 2.35. The highest BCUT2D eigenvalue weighted by atomic mass is 19.1. The van der Waals surface area contributed by atoms with Crippen LogP contribution in [0.3, 0.4) is 0 Å². The average molecular weight is 267 g/mol. The Morgan fingerprint density at radius 1 is 1.26 bits per heavy atom. The number of amides is 4. The molecule has 0 bridgehead atoms. The smallest absolute Gasteiger partial charge is 0.277 e. The molecule has 0 aromatic heterocycles. The summed E-state index contributed by atoms with van der Waals surface area (Å²) in [5, 5.41) is 12.4. The Labute approximate surface area is 104 Å². The van der Waals surface area contributed by atoms with Crippen LogP contribution in [-0.4, -0.2) is 22.8 Å². The van der Waals surface area contributed by atoms with Crippen LogP contribution in [0.15, 0.2) is 18.2 Å². The molecule has 4 amide bonds. The van der Waals surface area contributed by atoms with E-state index in [1.807, 2.05) is 5.32 Å². The van der Waals surface area contributed by atoms with E-state index in [4.69, 9.17) is 0 Å². The van der Waals surface area contributed by atoms with Gasteiger partial charge in [0.1, 0.15) is 12.2 Å². The average Bonchev–Trinajstić information content (AvgIpc) is 2.26. The Kier molecular flexibility index (Phi) is 2.95. The molecule has 0 atom stereocenters. The van der Waals surface area contributed by atoms with Crippen molar-refractivity contribution in [1.29, 1.82) is 0 Å². The highest BCUT2D eigenvalue weighted by molar-refractivity contribution is 6.26. The molecule has 0 spiro atoms. The minimum atomic E-state index is -1.07. The molecular formula is C10H6FN3O5. The van der Waals surface area contributed by atoms with E-state index in [9.17, 15) is 28.9 Å². The number of carbonyl (C=O) groups is 3. The zero-order chi connectivity index (χ0) is 14.2. The van der Waals surface area contributed by atoms with Gasteiger partial charge in [-0.3, -0.25) is 25.0 Å². The second kappa shape index (κ2) is 4.44. The first-order valence-electron chi connectivity index (χ1n) is 5.00. The minimum Gasteiger partial charge on any atom is -0.277 e. The van der Waals surface area contributed by atoms with Crippen LogP contribution in [0.25, 0.3) is 0 Å². The maximum Gasteiger partial charge on any atom is 0.335 e. The molecule has 0 radical (unpaired) electrons. The second-order valence-corrected chi connectivity index (χ2v) is 3.68. The predicted octanol–water partition coefficient (Wildman–Crippen LogP) is 0.707. The van der Waals surface area contributed by atoms with E-state index in [0.717, 1.165) is 12.1 Å². The number of hydrogen-bond acceptors (Lipinski definition) is 5. The topological polar surface area (TPSA) is 110 Å². The first kappa shape index (κ1) is 12.6. The fourth-order valence-corrected chi connectivity index (χ4v) is 1.60. The number of nitrogens with one attached hydrogen (secondary N) is 1. The van der Waals surface area contributed by atoms with E-state index in [1.165, 1.54) is 0 Å². The summed E-state index contributed by atoms with van der Waals surface area (Å²) < 4.78 is 13.2. The molecule has 98 valence electrons. The Morgan fingerprint density at radius 2 is 1.95 bits per heavy atom. The van der Waals surface area contributed by atoms with E-state index < -0.39 is 40.7 Å². The van der Waals surface area contributed by atoms with E-state index in [1.54, 1.807) is 0 Å². The molecule has 1 aromatic carbocycles. The van der Waals surface area contributed by atoms with E-state index in [0.29, 0.717) is 11.0 Å². The number of nitrogens with zero attached hydrogens (tertiary/aromatic N) is 2. The summed E-state index contributed by atoms with van der Waals surface area (Å²) in [4.78, 5) is 44.2.